The van der Waals surface area contributed by atoms with Gasteiger partial charge in [-0.15, -0.1) is 0 Å². The summed E-state index contributed by atoms with van der Waals surface area (Å²) < 4.78 is 26.9. The Labute approximate surface area is 247 Å². The molecule has 2 aromatic carbocycles. The summed E-state index contributed by atoms with van der Waals surface area (Å²) in [7, 11) is -2.88. The van der Waals surface area contributed by atoms with Gasteiger partial charge < -0.3 is 18.6 Å². The highest BCUT2D eigenvalue weighted by atomic mass is 28.4. The Hall–Kier alpha value is -2.35. The maximum absolute atomic E-state index is 13.7. The Morgan fingerprint density at radius 1 is 0.927 bits per heavy atom. The number of ketones is 1. The minimum absolute atomic E-state index is 0.00375. The first-order valence-electron chi connectivity index (χ1n) is 15.3. The van der Waals surface area contributed by atoms with Crippen LogP contribution < -0.4 is 10.4 Å². The third-order valence-corrected chi connectivity index (χ3v) is 14.4. The summed E-state index contributed by atoms with van der Waals surface area (Å²) in [6, 6.07) is 21.2. The smallest absolute Gasteiger partial charge is 0.261 e. The number of ether oxygens (including phenoxy) is 3. The van der Waals surface area contributed by atoms with E-state index < -0.39 is 26.3 Å². The molecule has 0 aromatic heterocycles. The van der Waals surface area contributed by atoms with E-state index >= 15 is 0 Å². The Bertz CT molecular complexity index is 1220. The molecule has 5 nitrogen and oxygen atoms in total. The molecule has 2 saturated heterocycles. The zero-order valence-corrected chi connectivity index (χ0v) is 26.6. The first kappa shape index (κ1) is 30.1. The fourth-order valence-electron chi connectivity index (χ4n) is 6.53. The van der Waals surface area contributed by atoms with Crippen LogP contribution >= 0.6 is 0 Å². The largest absolute Gasteiger partial charge is 0.403 e. The van der Waals surface area contributed by atoms with Crippen molar-refractivity contribution >= 4 is 24.5 Å². The molecule has 220 valence electrons. The van der Waals surface area contributed by atoms with Gasteiger partial charge in [0.25, 0.3) is 8.32 Å². The van der Waals surface area contributed by atoms with Crippen molar-refractivity contribution in [2.24, 2.45) is 5.41 Å². The Kier molecular flexibility index (Phi) is 8.62. The van der Waals surface area contributed by atoms with Gasteiger partial charge in [-0.05, 0) is 34.7 Å². The highest BCUT2D eigenvalue weighted by Crippen LogP contribution is 2.52. The summed E-state index contributed by atoms with van der Waals surface area (Å²) in [5.74, 6) is -1.12. The maximum Gasteiger partial charge on any atom is 0.261 e. The van der Waals surface area contributed by atoms with Crippen molar-refractivity contribution in [2.75, 3.05) is 19.8 Å². The molecule has 1 aliphatic carbocycles. The molecule has 2 aromatic rings. The fourth-order valence-corrected chi connectivity index (χ4v) is 11.1. The lowest BCUT2D eigenvalue weighted by molar-refractivity contribution is -0.294. The van der Waals surface area contributed by atoms with Crippen LogP contribution in [0.3, 0.4) is 0 Å². The second kappa shape index (κ2) is 11.7. The van der Waals surface area contributed by atoms with E-state index in [9.17, 15) is 4.79 Å². The molecule has 0 saturated carbocycles. The number of rotatable bonds is 10. The lowest BCUT2D eigenvalue weighted by Crippen LogP contribution is -2.67. The first-order valence-corrected chi connectivity index (χ1v) is 17.2. The average Bonchev–Trinajstić information content (AvgIpc) is 3.80. The van der Waals surface area contributed by atoms with E-state index in [1.54, 1.807) is 0 Å². The molecule has 0 radical (unpaired) electrons. The Morgan fingerprint density at radius 3 is 1.98 bits per heavy atom. The molecule has 0 bridgehead atoms. The van der Waals surface area contributed by atoms with Crippen LogP contribution in [0.15, 0.2) is 84.0 Å². The van der Waals surface area contributed by atoms with Gasteiger partial charge in [-0.25, -0.2) is 0 Å². The molecule has 2 aliphatic heterocycles. The van der Waals surface area contributed by atoms with Crippen LogP contribution in [-0.2, 0) is 23.4 Å². The highest BCUT2D eigenvalue weighted by molar-refractivity contribution is 6.99. The van der Waals surface area contributed by atoms with Crippen molar-refractivity contribution in [3.63, 3.8) is 0 Å². The quantitative estimate of drug-likeness (QED) is 0.253. The Morgan fingerprint density at radius 2 is 1.49 bits per heavy atom. The minimum Gasteiger partial charge on any atom is -0.403 e. The van der Waals surface area contributed by atoms with Gasteiger partial charge in [-0.3, -0.25) is 4.79 Å². The van der Waals surface area contributed by atoms with E-state index in [4.69, 9.17) is 18.6 Å². The van der Waals surface area contributed by atoms with Crippen molar-refractivity contribution in [2.45, 2.75) is 90.3 Å². The van der Waals surface area contributed by atoms with E-state index in [1.165, 1.54) is 10.4 Å². The van der Waals surface area contributed by atoms with Gasteiger partial charge >= 0.3 is 0 Å². The van der Waals surface area contributed by atoms with Gasteiger partial charge in [0.05, 0.1) is 19.8 Å². The number of hydrogen-bond donors (Lipinski definition) is 0. The van der Waals surface area contributed by atoms with Crippen molar-refractivity contribution < 1.29 is 23.4 Å². The first-order chi connectivity index (χ1) is 19.7. The van der Waals surface area contributed by atoms with E-state index in [1.807, 2.05) is 18.2 Å². The number of fused-ring (bicyclic) bond motifs is 2. The molecular formula is C35H46O5Si. The summed E-state index contributed by atoms with van der Waals surface area (Å²) in [5.41, 5.74) is 1.34. The predicted octanol–water partition coefficient (Wildman–Crippen LogP) is 6.12. The number of epoxide rings is 1. The zero-order valence-electron chi connectivity index (χ0n) is 25.6. The molecule has 6 heteroatoms. The van der Waals surface area contributed by atoms with Crippen LogP contribution in [0.1, 0.15) is 67.2 Å². The topological polar surface area (TPSA) is 57.3 Å². The third-order valence-electron chi connectivity index (χ3n) is 9.41. The van der Waals surface area contributed by atoms with Crippen molar-refractivity contribution in [1.29, 1.82) is 0 Å². The normalized spacial score (nSPS) is 23.7. The van der Waals surface area contributed by atoms with E-state index in [0.717, 1.165) is 31.3 Å². The number of allylic oxidation sites excluding steroid dienone is 2. The number of hydrogen-bond acceptors (Lipinski definition) is 5. The molecule has 0 amide bonds. The predicted molar refractivity (Wildman–Crippen MR) is 166 cm³/mol. The second-order valence-electron chi connectivity index (χ2n) is 12.8. The standard InChI is InChI=1S/C35H46O5Si/c1-7-10-13-22-28-29(35(32-31(40-32)30(28)36)37-24-34(8-2,9-3)25-38-35)23-39-41(33(4,5)6,26-18-14-11-15-19-26)27-20-16-12-17-21-27/h11-22,31-32H,7-10,23-25H2,1-6H3/b22-13+/t31-,32-/m1/s1. The average molecular weight is 575 g/mol. The summed E-state index contributed by atoms with van der Waals surface area (Å²) in [6.07, 6.45) is 6.90. The van der Waals surface area contributed by atoms with Crippen LogP contribution in [0.2, 0.25) is 5.04 Å². The maximum atomic E-state index is 13.7. The fraction of sp³-hybridized carbons (Fsp3) is 0.514. The molecule has 3 aliphatic rings. The van der Waals surface area contributed by atoms with Crippen LogP contribution in [0.25, 0.3) is 0 Å². The number of Topliss-reactive ketones (excluding diaryl/α,β-unsaturated/α-hetero) is 1. The van der Waals surface area contributed by atoms with E-state index in [0.29, 0.717) is 18.8 Å². The molecule has 0 unspecified atom stereocenters. The lowest BCUT2D eigenvalue weighted by atomic mass is 9.80. The minimum atomic E-state index is -2.88. The summed E-state index contributed by atoms with van der Waals surface area (Å²) in [4.78, 5) is 13.7. The zero-order chi connectivity index (χ0) is 29.3. The van der Waals surface area contributed by atoms with Gasteiger partial charge in [0.1, 0.15) is 0 Å². The Balaban J connectivity index is 1.63. The molecule has 0 N–H and O–H groups in total. The van der Waals surface area contributed by atoms with Gasteiger partial charge in [0.15, 0.2) is 18.0 Å². The van der Waals surface area contributed by atoms with Crippen molar-refractivity contribution in [3.05, 3.63) is 84.0 Å². The summed E-state index contributed by atoms with van der Waals surface area (Å²) in [5, 5.41) is 2.19. The number of carbonyl (C=O) groups excluding carboxylic acids is 1. The van der Waals surface area contributed by atoms with Crippen molar-refractivity contribution in [3.8, 4) is 0 Å². The third kappa shape index (κ3) is 5.23. The number of carbonyl (C=O) groups is 1. The van der Waals surface area contributed by atoms with Crippen LogP contribution in [0.5, 0.6) is 0 Å². The van der Waals surface area contributed by atoms with E-state index in [2.05, 4.69) is 96.1 Å². The van der Waals surface area contributed by atoms with E-state index in [-0.39, 0.29) is 22.8 Å². The second-order valence-corrected chi connectivity index (χ2v) is 17.1. The SMILES string of the molecule is CCC/C=C/C1=C(CO[Si](c2ccccc2)(c2ccccc2)C(C)(C)C)C2(OCC(CC)(CC)CO2)[C@@H]2O[C@@H]2C1=O. The van der Waals surface area contributed by atoms with Crippen LogP contribution in [0.4, 0.5) is 0 Å². The highest BCUT2D eigenvalue weighted by Gasteiger charge is 2.68. The summed E-state index contributed by atoms with van der Waals surface area (Å²) >= 11 is 0. The van der Waals surface area contributed by atoms with Gasteiger partial charge in [-0.1, -0.05) is 121 Å². The molecule has 5 rings (SSSR count). The lowest BCUT2D eigenvalue weighted by Gasteiger charge is -2.49. The molecule has 2 heterocycles. The monoisotopic (exact) mass is 574 g/mol. The molecular weight excluding hydrogens is 528 g/mol. The van der Waals surface area contributed by atoms with Gasteiger partial charge in [0.2, 0.25) is 5.79 Å². The van der Waals surface area contributed by atoms with Crippen LogP contribution in [-0.4, -0.2) is 51.9 Å². The van der Waals surface area contributed by atoms with Gasteiger partial charge in [-0.2, -0.15) is 0 Å². The molecule has 2 atom stereocenters. The molecule has 2 fully saturated rings. The number of benzene rings is 2. The van der Waals surface area contributed by atoms with Crippen molar-refractivity contribution in [1.82, 2.24) is 0 Å². The molecule has 1 spiro atoms. The van der Waals surface area contributed by atoms with Crippen LogP contribution in [0, 0.1) is 5.41 Å². The molecule has 41 heavy (non-hydrogen) atoms. The number of unbranched alkanes of at least 4 members (excludes halogenated alkanes) is 1. The van der Waals surface area contributed by atoms with Gasteiger partial charge in [0, 0.05) is 16.6 Å². The summed E-state index contributed by atoms with van der Waals surface area (Å²) in [6.45, 7) is 14.7.